The van der Waals surface area contributed by atoms with Crippen molar-refractivity contribution in [1.82, 2.24) is 25.1 Å². The summed E-state index contributed by atoms with van der Waals surface area (Å²) in [4.78, 5) is 17.6. The first-order valence-electron chi connectivity index (χ1n) is 18.9. The second-order valence-electron chi connectivity index (χ2n) is 19.0. The maximum Gasteiger partial charge on any atom is 0.307 e. The van der Waals surface area contributed by atoms with E-state index in [4.69, 9.17) is 9.47 Å². The van der Waals surface area contributed by atoms with Gasteiger partial charge in [-0.2, -0.15) is 4.80 Å². The van der Waals surface area contributed by atoms with E-state index >= 15 is 0 Å². The van der Waals surface area contributed by atoms with Gasteiger partial charge in [-0.05, 0) is 111 Å². The molecule has 9 heteroatoms. The van der Waals surface area contributed by atoms with Gasteiger partial charge in [0.2, 0.25) is 0 Å². The largest absolute Gasteiger partial charge is 0.481 e. The Morgan fingerprint density at radius 3 is 2.40 bits per heavy atom. The van der Waals surface area contributed by atoms with E-state index in [9.17, 15) is 9.90 Å². The van der Waals surface area contributed by atoms with Crippen LogP contribution in [0.1, 0.15) is 114 Å². The first-order chi connectivity index (χ1) is 22.3. The van der Waals surface area contributed by atoms with Gasteiger partial charge in [0.15, 0.2) is 6.33 Å². The quantitative estimate of drug-likeness (QED) is 0.277. The van der Waals surface area contributed by atoms with E-state index in [-0.39, 0.29) is 44.8 Å². The van der Waals surface area contributed by atoms with Gasteiger partial charge in [-0.15, -0.1) is 10.2 Å². The third-order valence-corrected chi connectivity index (χ3v) is 16.6. The lowest BCUT2D eigenvalue weighted by Crippen LogP contribution is -2.69. The normalized spacial score (nSPS) is 44.4. The lowest BCUT2D eigenvalue weighted by atomic mass is 9.34. The smallest absolute Gasteiger partial charge is 0.307 e. The summed E-state index contributed by atoms with van der Waals surface area (Å²) in [6.45, 7) is 25.1. The van der Waals surface area contributed by atoms with Crippen molar-refractivity contribution in [1.29, 1.82) is 0 Å². The molecule has 270 valence electrons. The Balaban J connectivity index is 1.43. The molecule has 0 spiro atoms. The Bertz CT molecular complexity index is 1390. The van der Waals surface area contributed by atoms with Crippen molar-refractivity contribution in [2.24, 2.45) is 62.6 Å². The Kier molecular flexibility index (Phi) is 8.89. The lowest BCUT2D eigenvalue weighted by molar-refractivity contribution is -0.256. The van der Waals surface area contributed by atoms with Crippen LogP contribution >= 0.6 is 0 Å². The van der Waals surface area contributed by atoms with Crippen LogP contribution in [-0.4, -0.2) is 81.7 Å². The Morgan fingerprint density at radius 1 is 1.10 bits per heavy atom. The molecule has 0 radical (unpaired) electrons. The van der Waals surface area contributed by atoms with Crippen LogP contribution in [0.2, 0.25) is 0 Å². The van der Waals surface area contributed by atoms with Crippen molar-refractivity contribution < 1.29 is 19.4 Å². The summed E-state index contributed by atoms with van der Waals surface area (Å²) < 4.78 is 13.9. The van der Waals surface area contributed by atoms with Gasteiger partial charge in [0.05, 0.1) is 31.8 Å². The Labute approximate surface area is 290 Å². The maximum absolute atomic E-state index is 13.4. The van der Waals surface area contributed by atoms with E-state index in [0.29, 0.717) is 49.4 Å². The third kappa shape index (κ3) is 4.78. The van der Waals surface area contributed by atoms with Gasteiger partial charge in [-0.1, -0.05) is 74.0 Å². The summed E-state index contributed by atoms with van der Waals surface area (Å²) in [5.41, 5.74) is 0.262. The molecule has 1 aromatic heterocycles. The van der Waals surface area contributed by atoms with Crippen LogP contribution in [0.3, 0.4) is 0 Å². The van der Waals surface area contributed by atoms with Crippen molar-refractivity contribution >= 4 is 5.97 Å². The number of carboxylic acid groups (broad SMARTS) is 1. The highest BCUT2D eigenvalue weighted by Gasteiger charge is 2.72. The summed E-state index contributed by atoms with van der Waals surface area (Å²) in [7, 11) is 4.29. The van der Waals surface area contributed by atoms with Crippen LogP contribution in [0.25, 0.3) is 0 Å². The molecule has 1 N–H and O–H groups in total. The first kappa shape index (κ1) is 36.0. The fourth-order valence-electron chi connectivity index (χ4n) is 12.5. The van der Waals surface area contributed by atoms with Crippen LogP contribution in [0.5, 0.6) is 0 Å². The van der Waals surface area contributed by atoms with E-state index in [1.807, 2.05) is 4.80 Å². The van der Waals surface area contributed by atoms with Gasteiger partial charge in [-0.25, -0.2) is 0 Å². The highest BCUT2D eigenvalue weighted by atomic mass is 16.5. The molecule has 0 amide bonds. The molecule has 6 rings (SSSR count). The Hall–Kier alpha value is -1.84. The monoisotopic (exact) mass is 668 g/mol. The predicted octanol–water partition coefficient (Wildman–Crippen LogP) is 7.16. The molecular weight excluding hydrogens is 602 g/mol. The number of fused-ring (bicyclic) bond motifs is 3. The summed E-state index contributed by atoms with van der Waals surface area (Å²) in [5, 5.41) is 24.4. The molecule has 0 unspecified atom stereocenters. The molecule has 5 aliphatic rings. The molecule has 2 bridgehead atoms. The zero-order valence-electron chi connectivity index (χ0n) is 32.0. The van der Waals surface area contributed by atoms with Gasteiger partial charge in [0.1, 0.15) is 6.04 Å². The molecular formula is C39H65N5O4. The Morgan fingerprint density at radius 2 is 1.81 bits per heavy atom. The number of carboxylic acids is 1. The summed E-state index contributed by atoms with van der Waals surface area (Å²) >= 11 is 0. The molecule has 1 aliphatic heterocycles. The highest BCUT2D eigenvalue weighted by Crippen LogP contribution is 2.75. The molecule has 3 saturated carbocycles. The fraction of sp³-hybridized carbons (Fsp3) is 0.897. The molecule has 9 nitrogen and oxygen atoms in total. The number of likely N-dealkylation sites (N-methyl/N-ethyl adjacent to an activating group) is 1. The second kappa shape index (κ2) is 11.9. The average Bonchev–Trinajstić information content (AvgIpc) is 3.55. The standard InChI is InChI=1S/C39H65N5O4/c1-24(2)26(5)34(6)17-18-36(8)27-13-14-30-35(7)20-47-22-39(30,28(27)15-16-37(36,9)31(34)33(45)46)19-29(44-41-23-40-42-44)32(35)48-21-38(10,25(3)4)43(11)12/h15,23-27,29-32H,13-14,16-22H2,1-12H3,(H,45,46)/t26-,27+,29-,30+,31-,32+,34-,35-,36-,37+,38+,39+/m1/s1. The zero-order valence-corrected chi connectivity index (χ0v) is 32.0. The van der Waals surface area contributed by atoms with E-state index < -0.39 is 11.9 Å². The van der Waals surface area contributed by atoms with Crippen LogP contribution in [0, 0.1) is 62.6 Å². The number of aromatic nitrogens is 4. The minimum atomic E-state index is -0.614. The van der Waals surface area contributed by atoms with Gasteiger partial charge >= 0.3 is 5.97 Å². The van der Waals surface area contributed by atoms with E-state index in [1.54, 1.807) is 6.33 Å². The SMILES string of the molecule is CC(C)[C@@H](C)[C@@]1(C)CC[C@]2(C)[C@H]3CC[C@@H]4[C@@]5(COC[C@@]4(C)[C@@H](OC[C@@](C)(C(C)C)N(C)C)[C@H](n4ncnn4)C5)C3=CC[C@@]2(C)[C@@H]1C(=O)O. The zero-order chi connectivity index (χ0) is 35.2. The van der Waals surface area contributed by atoms with Crippen molar-refractivity contribution in [2.75, 3.05) is 33.9 Å². The molecule has 48 heavy (non-hydrogen) atoms. The molecule has 1 aromatic rings. The minimum Gasteiger partial charge on any atom is -0.481 e. The molecule has 1 saturated heterocycles. The molecule has 12 atom stereocenters. The first-order valence-corrected chi connectivity index (χ1v) is 18.9. The molecule has 4 aliphatic carbocycles. The third-order valence-electron chi connectivity index (χ3n) is 16.6. The highest BCUT2D eigenvalue weighted by molar-refractivity contribution is 5.73. The molecule has 4 fully saturated rings. The average molecular weight is 668 g/mol. The summed E-state index contributed by atoms with van der Waals surface area (Å²) in [5.74, 6) is 0.863. The van der Waals surface area contributed by atoms with Crippen LogP contribution in [0.15, 0.2) is 18.0 Å². The lowest BCUT2D eigenvalue weighted by Gasteiger charge is -2.71. The summed E-state index contributed by atoms with van der Waals surface area (Å²) in [6, 6.07) is -0.0784. The van der Waals surface area contributed by atoms with Gasteiger partial charge in [0, 0.05) is 16.4 Å². The number of hydrogen-bond acceptors (Lipinski definition) is 7. The van der Waals surface area contributed by atoms with Crippen LogP contribution in [0.4, 0.5) is 0 Å². The van der Waals surface area contributed by atoms with Crippen molar-refractivity contribution in [2.45, 2.75) is 125 Å². The van der Waals surface area contributed by atoms with Crippen molar-refractivity contribution in [3.05, 3.63) is 18.0 Å². The van der Waals surface area contributed by atoms with Gasteiger partial charge in [0.25, 0.3) is 0 Å². The number of tetrazole rings is 1. The fourth-order valence-corrected chi connectivity index (χ4v) is 12.5. The minimum absolute atomic E-state index is 0.0784. The number of carbonyl (C=O) groups is 1. The molecule has 2 heterocycles. The van der Waals surface area contributed by atoms with Gasteiger partial charge in [-0.3, -0.25) is 4.79 Å². The topological polar surface area (TPSA) is 103 Å². The van der Waals surface area contributed by atoms with E-state index in [1.165, 1.54) is 5.57 Å². The maximum atomic E-state index is 13.4. The van der Waals surface area contributed by atoms with E-state index in [2.05, 4.69) is 110 Å². The number of nitrogens with zero attached hydrogens (tertiary/aromatic N) is 5. The number of ether oxygens (including phenoxy) is 2. The van der Waals surface area contributed by atoms with Crippen molar-refractivity contribution in [3.8, 4) is 0 Å². The van der Waals surface area contributed by atoms with Gasteiger partial charge < -0.3 is 19.5 Å². The number of allylic oxidation sites excluding steroid dienone is 1. The predicted molar refractivity (Wildman–Crippen MR) is 187 cm³/mol. The summed E-state index contributed by atoms with van der Waals surface area (Å²) in [6.07, 6.45) is 9.76. The van der Waals surface area contributed by atoms with Crippen LogP contribution in [-0.2, 0) is 14.3 Å². The van der Waals surface area contributed by atoms with Crippen LogP contribution < -0.4 is 0 Å². The number of hydrogen-bond donors (Lipinski definition) is 1. The number of rotatable bonds is 9. The number of aliphatic carboxylic acids is 1. The van der Waals surface area contributed by atoms with Crippen molar-refractivity contribution in [3.63, 3.8) is 0 Å². The molecule has 0 aromatic carbocycles. The second-order valence-corrected chi connectivity index (χ2v) is 19.0. The van der Waals surface area contributed by atoms with E-state index in [0.717, 1.165) is 38.5 Å².